The van der Waals surface area contributed by atoms with Gasteiger partial charge in [-0.1, -0.05) is 11.6 Å². The summed E-state index contributed by atoms with van der Waals surface area (Å²) in [4.78, 5) is 3.92. The van der Waals surface area contributed by atoms with Crippen molar-refractivity contribution in [1.82, 2.24) is 14.8 Å². The number of nitrogens with one attached hydrogen (secondary N) is 1. The highest BCUT2D eigenvalue weighted by molar-refractivity contribution is 5.47. The normalized spacial score (nSPS) is 22.8. The van der Waals surface area contributed by atoms with E-state index in [1.807, 2.05) is 19.9 Å². The van der Waals surface area contributed by atoms with Gasteiger partial charge in [-0.2, -0.15) is 5.10 Å². The van der Waals surface area contributed by atoms with Gasteiger partial charge in [0.25, 0.3) is 0 Å². The van der Waals surface area contributed by atoms with Crippen LogP contribution in [0.2, 0.25) is 0 Å². The Hall–Kier alpha value is -2.21. The Morgan fingerprint density at radius 2 is 2.30 bits per heavy atom. The molecule has 6 heteroatoms. The SMILES string of the molecule is C=C(C)CCNc1ccc([C@]2(Cn3cncn3)O[C@H]2C)c(F)c1. The lowest BCUT2D eigenvalue weighted by Gasteiger charge is -2.15. The number of nitrogens with zero attached hydrogens (tertiary/aromatic N) is 3. The van der Waals surface area contributed by atoms with Gasteiger partial charge in [-0.25, -0.2) is 14.1 Å². The van der Waals surface area contributed by atoms with Crippen LogP contribution in [0.4, 0.5) is 10.1 Å². The minimum absolute atomic E-state index is 0.0524. The van der Waals surface area contributed by atoms with Crippen molar-refractivity contribution in [2.75, 3.05) is 11.9 Å². The summed E-state index contributed by atoms with van der Waals surface area (Å²) in [5, 5.41) is 7.29. The van der Waals surface area contributed by atoms with Crippen LogP contribution in [-0.4, -0.2) is 27.4 Å². The number of aromatic nitrogens is 3. The molecule has 1 aromatic carbocycles. The van der Waals surface area contributed by atoms with E-state index in [2.05, 4.69) is 22.0 Å². The van der Waals surface area contributed by atoms with E-state index in [-0.39, 0.29) is 11.9 Å². The Morgan fingerprint density at radius 1 is 1.52 bits per heavy atom. The number of epoxide rings is 1. The van der Waals surface area contributed by atoms with Crippen molar-refractivity contribution in [1.29, 1.82) is 0 Å². The van der Waals surface area contributed by atoms with Crippen molar-refractivity contribution in [3.8, 4) is 0 Å². The fourth-order valence-electron chi connectivity index (χ4n) is 2.76. The zero-order valence-electron chi connectivity index (χ0n) is 13.4. The molecule has 2 aromatic rings. The molecule has 3 rings (SSSR count). The van der Waals surface area contributed by atoms with Gasteiger partial charge in [0.15, 0.2) is 0 Å². The molecule has 0 amide bonds. The van der Waals surface area contributed by atoms with Gasteiger partial charge in [-0.15, -0.1) is 6.58 Å². The largest absolute Gasteiger partial charge is 0.385 e. The molecule has 1 aliphatic rings. The van der Waals surface area contributed by atoms with Crippen molar-refractivity contribution in [3.05, 3.63) is 54.4 Å². The molecule has 23 heavy (non-hydrogen) atoms. The fourth-order valence-corrected chi connectivity index (χ4v) is 2.76. The number of anilines is 1. The van der Waals surface area contributed by atoms with E-state index in [9.17, 15) is 4.39 Å². The van der Waals surface area contributed by atoms with Crippen LogP contribution in [0.3, 0.4) is 0 Å². The lowest BCUT2D eigenvalue weighted by atomic mass is 9.95. The maximum absolute atomic E-state index is 14.6. The van der Waals surface area contributed by atoms with Crippen LogP contribution in [0.25, 0.3) is 0 Å². The van der Waals surface area contributed by atoms with Crippen LogP contribution in [-0.2, 0) is 16.9 Å². The standard InChI is InChI=1S/C17H21FN4O/c1-12(2)6-7-20-14-4-5-15(16(18)8-14)17(13(3)23-17)9-22-11-19-10-21-22/h4-5,8,10-11,13,20H,1,6-7,9H2,2-3H3/t13-,17+/m0/s1. The molecule has 1 N–H and O–H groups in total. The van der Waals surface area contributed by atoms with E-state index in [0.29, 0.717) is 12.1 Å². The quantitative estimate of drug-likeness (QED) is 0.630. The molecule has 1 aromatic heterocycles. The van der Waals surface area contributed by atoms with Crippen molar-refractivity contribution in [2.24, 2.45) is 0 Å². The third-order valence-corrected chi connectivity index (χ3v) is 4.16. The van der Waals surface area contributed by atoms with Crippen LogP contribution in [0.1, 0.15) is 25.8 Å². The summed E-state index contributed by atoms with van der Waals surface area (Å²) in [6.07, 6.45) is 3.89. The Balaban J connectivity index is 1.75. The van der Waals surface area contributed by atoms with Crippen molar-refractivity contribution < 1.29 is 9.13 Å². The smallest absolute Gasteiger partial charge is 0.142 e. The van der Waals surface area contributed by atoms with Crippen molar-refractivity contribution in [3.63, 3.8) is 0 Å². The number of halogens is 1. The fraction of sp³-hybridized carbons (Fsp3) is 0.412. The van der Waals surface area contributed by atoms with Crippen LogP contribution >= 0.6 is 0 Å². The molecule has 122 valence electrons. The molecule has 0 radical (unpaired) electrons. The lowest BCUT2D eigenvalue weighted by Crippen LogP contribution is -2.22. The topological polar surface area (TPSA) is 55.3 Å². The number of rotatable bonds is 7. The zero-order chi connectivity index (χ0) is 16.4. The highest BCUT2D eigenvalue weighted by Crippen LogP contribution is 2.48. The molecular formula is C17H21FN4O. The molecule has 2 atom stereocenters. The van der Waals surface area contributed by atoms with Crippen LogP contribution in [0.15, 0.2) is 43.0 Å². The van der Waals surface area contributed by atoms with Gasteiger partial charge < -0.3 is 10.1 Å². The summed E-state index contributed by atoms with van der Waals surface area (Å²) >= 11 is 0. The molecule has 0 bridgehead atoms. The van der Waals surface area contributed by atoms with Crippen molar-refractivity contribution in [2.45, 2.75) is 38.5 Å². The first-order chi connectivity index (χ1) is 11.0. The van der Waals surface area contributed by atoms with E-state index in [0.717, 1.165) is 24.2 Å². The Labute approximate surface area is 135 Å². The van der Waals surface area contributed by atoms with E-state index >= 15 is 0 Å². The summed E-state index contributed by atoms with van der Waals surface area (Å²) in [5.41, 5.74) is 1.76. The number of hydrogen-bond donors (Lipinski definition) is 1. The Morgan fingerprint density at radius 3 is 2.87 bits per heavy atom. The van der Waals surface area contributed by atoms with Crippen LogP contribution in [0, 0.1) is 5.82 Å². The van der Waals surface area contributed by atoms with Gasteiger partial charge in [0.2, 0.25) is 0 Å². The second kappa shape index (κ2) is 6.12. The van der Waals surface area contributed by atoms with E-state index in [4.69, 9.17) is 4.74 Å². The Kier molecular flexibility index (Phi) is 4.17. The zero-order valence-corrected chi connectivity index (χ0v) is 13.4. The van der Waals surface area contributed by atoms with Gasteiger partial charge in [-0.3, -0.25) is 0 Å². The molecule has 0 saturated carbocycles. The maximum atomic E-state index is 14.6. The highest BCUT2D eigenvalue weighted by Gasteiger charge is 2.56. The third-order valence-electron chi connectivity index (χ3n) is 4.16. The van der Waals surface area contributed by atoms with E-state index < -0.39 is 5.60 Å². The van der Waals surface area contributed by atoms with Gasteiger partial charge >= 0.3 is 0 Å². The molecule has 0 spiro atoms. The monoisotopic (exact) mass is 316 g/mol. The summed E-state index contributed by atoms with van der Waals surface area (Å²) in [5.74, 6) is -0.269. The van der Waals surface area contributed by atoms with Gasteiger partial charge in [0.05, 0.1) is 12.6 Å². The average Bonchev–Trinajstić information content (AvgIpc) is 2.90. The molecule has 5 nitrogen and oxygen atoms in total. The summed E-state index contributed by atoms with van der Waals surface area (Å²) in [6, 6.07) is 5.19. The number of ether oxygens (including phenoxy) is 1. The first-order valence-electron chi connectivity index (χ1n) is 7.70. The summed E-state index contributed by atoms with van der Waals surface area (Å²) in [7, 11) is 0. The second-order valence-electron chi connectivity index (χ2n) is 6.07. The van der Waals surface area contributed by atoms with E-state index in [1.165, 1.54) is 12.4 Å². The molecule has 0 aliphatic carbocycles. The second-order valence-corrected chi connectivity index (χ2v) is 6.07. The minimum Gasteiger partial charge on any atom is -0.385 e. The first-order valence-corrected chi connectivity index (χ1v) is 7.70. The average molecular weight is 316 g/mol. The predicted octanol–water partition coefficient (Wildman–Crippen LogP) is 3.11. The predicted molar refractivity (Wildman–Crippen MR) is 86.6 cm³/mol. The third kappa shape index (κ3) is 3.27. The number of hydrogen-bond acceptors (Lipinski definition) is 4. The Bertz CT molecular complexity index is 701. The molecule has 0 unspecified atom stereocenters. The molecule has 2 heterocycles. The van der Waals surface area contributed by atoms with Gasteiger partial charge in [-0.05, 0) is 32.4 Å². The molecular weight excluding hydrogens is 295 g/mol. The van der Waals surface area contributed by atoms with Crippen molar-refractivity contribution >= 4 is 5.69 Å². The van der Waals surface area contributed by atoms with Gasteiger partial charge in [0, 0.05) is 17.8 Å². The number of benzene rings is 1. The van der Waals surface area contributed by atoms with Crippen LogP contribution in [0.5, 0.6) is 0 Å². The van der Waals surface area contributed by atoms with Crippen LogP contribution < -0.4 is 5.32 Å². The lowest BCUT2D eigenvalue weighted by molar-refractivity contribution is 0.258. The molecule has 1 fully saturated rings. The van der Waals surface area contributed by atoms with Gasteiger partial charge in [0.1, 0.15) is 24.1 Å². The minimum atomic E-state index is -0.659. The summed E-state index contributed by atoms with van der Waals surface area (Å²) < 4.78 is 22.0. The highest BCUT2D eigenvalue weighted by atomic mass is 19.1. The maximum Gasteiger partial charge on any atom is 0.142 e. The molecule has 1 aliphatic heterocycles. The summed E-state index contributed by atoms with van der Waals surface area (Å²) in [6.45, 7) is 8.97. The first kappa shape index (κ1) is 15.7. The van der Waals surface area contributed by atoms with E-state index in [1.54, 1.807) is 17.1 Å². The molecule has 1 saturated heterocycles.